The summed E-state index contributed by atoms with van der Waals surface area (Å²) in [4.78, 5) is 19.2. The molecule has 0 saturated carbocycles. The van der Waals surface area contributed by atoms with Crippen molar-refractivity contribution in [2.24, 2.45) is 4.99 Å². The maximum atomic E-state index is 12.8. The normalized spacial score (nSPS) is 16.2. The summed E-state index contributed by atoms with van der Waals surface area (Å²) in [5, 5.41) is 1.19. The number of fused-ring (bicyclic) bond motifs is 1. The maximum absolute atomic E-state index is 12.8. The van der Waals surface area contributed by atoms with Gasteiger partial charge >= 0.3 is 0 Å². The number of hydrogen-bond acceptors (Lipinski definition) is 2. The van der Waals surface area contributed by atoms with Crippen molar-refractivity contribution in [3.05, 3.63) is 87.4 Å². The number of benzodiazepines with no additional fused rings is 1. The molecule has 0 atom stereocenters. The topological polar surface area (TPSA) is 32.7 Å². The average Bonchev–Trinajstić information content (AvgIpc) is 3.10. The zero-order valence-electron chi connectivity index (χ0n) is 14.0. The number of carbonyl (C=O) groups excluding carboxylic acids is 1. The first kappa shape index (κ1) is 17.1. The molecule has 5 heteroatoms. The molecule has 3 nitrogen and oxygen atoms in total. The molecule has 1 amide bonds. The molecule has 1 aliphatic carbocycles. The van der Waals surface area contributed by atoms with Crippen molar-refractivity contribution in [1.82, 2.24) is 0 Å². The fourth-order valence-corrected chi connectivity index (χ4v) is 3.65. The van der Waals surface area contributed by atoms with Crippen LogP contribution in [-0.4, -0.2) is 24.7 Å². The molecule has 0 fully saturated rings. The fourth-order valence-electron chi connectivity index (χ4n) is 3.25. The second-order valence-corrected chi connectivity index (χ2v) is 7.09. The SMILES string of the molecule is O=C1CN=C(c2ccccc2Cl)c2cc(Cl)ccc2N1CC1=CC=CC1. The van der Waals surface area contributed by atoms with E-state index in [1.165, 1.54) is 5.57 Å². The Kier molecular flexibility index (Phi) is 4.66. The fraction of sp³-hybridized carbons (Fsp3) is 0.143. The number of halogens is 2. The Morgan fingerprint density at radius 2 is 1.92 bits per heavy atom. The largest absolute Gasteiger partial charge is 0.306 e. The maximum Gasteiger partial charge on any atom is 0.248 e. The van der Waals surface area contributed by atoms with Gasteiger partial charge in [-0.1, -0.05) is 59.6 Å². The predicted molar refractivity (Wildman–Crippen MR) is 108 cm³/mol. The van der Waals surface area contributed by atoms with Crippen molar-refractivity contribution < 1.29 is 4.79 Å². The van der Waals surface area contributed by atoms with Crippen molar-refractivity contribution >= 4 is 40.5 Å². The molecular formula is C21H16Cl2N2O. The summed E-state index contributed by atoms with van der Waals surface area (Å²) in [6, 6.07) is 13.1. The summed E-state index contributed by atoms with van der Waals surface area (Å²) in [5.74, 6) is -0.0385. The summed E-state index contributed by atoms with van der Waals surface area (Å²) >= 11 is 12.7. The van der Waals surface area contributed by atoms with E-state index in [2.05, 4.69) is 17.1 Å². The van der Waals surface area contributed by atoms with Gasteiger partial charge in [-0.3, -0.25) is 9.79 Å². The Morgan fingerprint density at radius 3 is 2.69 bits per heavy atom. The molecule has 0 bridgehead atoms. The summed E-state index contributed by atoms with van der Waals surface area (Å²) in [6.07, 6.45) is 7.03. The first-order valence-corrected chi connectivity index (χ1v) is 9.13. The molecule has 2 aliphatic rings. The van der Waals surface area contributed by atoms with Crippen molar-refractivity contribution in [2.75, 3.05) is 18.0 Å². The van der Waals surface area contributed by atoms with Gasteiger partial charge in [-0.15, -0.1) is 0 Å². The van der Waals surface area contributed by atoms with E-state index in [4.69, 9.17) is 23.2 Å². The van der Waals surface area contributed by atoms with E-state index in [1.54, 1.807) is 11.0 Å². The van der Waals surface area contributed by atoms with Gasteiger partial charge in [0, 0.05) is 27.7 Å². The van der Waals surface area contributed by atoms with Gasteiger partial charge in [-0.05, 0) is 36.3 Å². The molecule has 0 radical (unpaired) electrons. The lowest BCUT2D eigenvalue weighted by atomic mass is 10.00. The molecule has 1 aliphatic heterocycles. The Balaban J connectivity index is 1.84. The smallest absolute Gasteiger partial charge is 0.248 e. The molecular weight excluding hydrogens is 367 g/mol. The first-order chi connectivity index (χ1) is 12.6. The number of nitrogens with zero attached hydrogens (tertiary/aromatic N) is 2. The number of rotatable bonds is 3. The van der Waals surface area contributed by atoms with Crippen molar-refractivity contribution in [2.45, 2.75) is 6.42 Å². The van der Waals surface area contributed by atoms with E-state index in [9.17, 15) is 4.79 Å². The minimum absolute atomic E-state index is 0.0385. The number of anilines is 1. The van der Waals surface area contributed by atoms with Crippen LogP contribution >= 0.6 is 23.2 Å². The van der Waals surface area contributed by atoms with Crippen LogP contribution in [0.25, 0.3) is 0 Å². The summed E-state index contributed by atoms with van der Waals surface area (Å²) in [6.45, 7) is 0.624. The lowest BCUT2D eigenvalue weighted by Gasteiger charge is -2.24. The average molecular weight is 383 g/mol. The van der Waals surface area contributed by atoms with E-state index >= 15 is 0 Å². The van der Waals surface area contributed by atoms with Crippen LogP contribution in [0.5, 0.6) is 0 Å². The monoisotopic (exact) mass is 382 g/mol. The van der Waals surface area contributed by atoms with Gasteiger partial charge in [0.2, 0.25) is 5.91 Å². The molecule has 2 aromatic rings. The van der Waals surface area contributed by atoms with E-state index in [0.717, 1.165) is 23.2 Å². The zero-order valence-corrected chi connectivity index (χ0v) is 15.5. The molecule has 0 saturated heterocycles. The third-order valence-electron chi connectivity index (χ3n) is 4.52. The van der Waals surface area contributed by atoms with Gasteiger partial charge in [0.05, 0.1) is 11.4 Å². The number of amides is 1. The van der Waals surface area contributed by atoms with Gasteiger partial charge in [0.25, 0.3) is 0 Å². The van der Waals surface area contributed by atoms with Crippen LogP contribution in [0.4, 0.5) is 5.69 Å². The van der Waals surface area contributed by atoms with Crippen LogP contribution in [0.1, 0.15) is 17.5 Å². The minimum Gasteiger partial charge on any atom is -0.306 e. The van der Waals surface area contributed by atoms with Gasteiger partial charge in [-0.2, -0.15) is 0 Å². The second-order valence-electron chi connectivity index (χ2n) is 6.24. The summed E-state index contributed by atoms with van der Waals surface area (Å²) in [5.41, 5.74) is 4.32. The van der Waals surface area contributed by atoms with Crippen LogP contribution in [-0.2, 0) is 4.79 Å². The van der Waals surface area contributed by atoms with Crippen molar-refractivity contribution in [1.29, 1.82) is 0 Å². The lowest BCUT2D eigenvalue weighted by molar-refractivity contribution is -0.117. The predicted octanol–water partition coefficient (Wildman–Crippen LogP) is 5.06. The third-order valence-corrected chi connectivity index (χ3v) is 5.08. The van der Waals surface area contributed by atoms with Crippen LogP contribution in [0.2, 0.25) is 10.0 Å². The Labute approximate surface area is 162 Å². The van der Waals surface area contributed by atoms with Crippen molar-refractivity contribution in [3.8, 4) is 0 Å². The van der Waals surface area contributed by atoms with Gasteiger partial charge in [0.1, 0.15) is 6.54 Å². The van der Waals surface area contributed by atoms with Gasteiger partial charge in [-0.25, -0.2) is 0 Å². The molecule has 130 valence electrons. The number of carbonyl (C=O) groups is 1. The summed E-state index contributed by atoms with van der Waals surface area (Å²) in [7, 11) is 0. The molecule has 2 aromatic carbocycles. The van der Waals surface area contributed by atoms with Crippen LogP contribution in [0.15, 0.2) is 71.3 Å². The van der Waals surface area contributed by atoms with E-state index < -0.39 is 0 Å². The lowest BCUT2D eigenvalue weighted by Crippen LogP contribution is -2.34. The number of benzene rings is 2. The minimum atomic E-state index is -0.0385. The molecule has 0 N–H and O–H groups in total. The molecule has 4 rings (SSSR count). The van der Waals surface area contributed by atoms with Crippen LogP contribution < -0.4 is 4.90 Å². The molecule has 26 heavy (non-hydrogen) atoms. The number of allylic oxidation sites excluding steroid dienone is 3. The van der Waals surface area contributed by atoms with Crippen LogP contribution in [0.3, 0.4) is 0 Å². The summed E-state index contributed by atoms with van der Waals surface area (Å²) < 4.78 is 0. The molecule has 1 heterocycles. The highest BCUT2D eigenvalue weighted by atomic mass is 35.5. The van der Waals surface area contributed by atoms with Crippen LogP contribution in [0, 0.1) is 0 Å². The van der Waals surface area contributed by atoms with Gasteiger partial charge in [0.15, 0.2) is 0 Å². The molecule has 0 aromatic heterocycles. The highest BCUT2D eigenvalue weighted by molar-refractivity contribution is 6.37. The second kappa shape index (κ2) is 7.10. The highest BCUT2D eigenvalue weighted by Gasteiger charge is 2.26. The molecule has 0 spiro atoms. The Hall–Kier alpha value is -2.36. The van der Waals surface area contributed by atoms with E-state index in [1.807, 2.05) is 42.5 Å². The Morgan fingerprint density at radius 1 is 1.08 bits per heavy atom. The van der Waals surface area contributed by atoms with Gasteiger partial charge < -0.3 is 4.90 Å². The standard InChI is InChI=1S/C21H16Cl2N2O/c22-15-9-10-19-17(11-15)21(16-7-3-4-8-18(16)23)24-12-20(26)25(19)13-14-5-1-2-6-14/h1-5,7-11H,6,12-13H2. The quantitative estimate of drug-likeness (QED) is 0.729. The van der Waals surface area contributed by atoms with Crippen molar-refractivity contribution in [3.63, 3.8) is 0 Å². The Bertz CT molecular complexity index is 976. The molecule has 0 unspecified atom stereocenters. The first-order valence-electron chi connectivity index (χ1n) is 8.37. The number of hydrogen-bond donors (Lipinski definition) is 0. The van der Waals surface area contributed by atoms with E-state index in [0.29, 0.717) is 22.3 Å². The highest BCUT2D eigenvalue weighted by Crippen LogP contribution is 2.32. The number of aliphatic imine (C=N–C) groups is 1. The van der Waals surface area contributed by atoms with E-state index in [-0.39, 0.29) is 12.5 Å². The third kappa shape index (κ3) is 3.20. The zero-order chi connectivity index (χ0) is 18.1.